The molecule has 0 unspecified atom stereocenters. The Morgan fingerprint density at radius 1 is 1.09 bits per heavy atom. The van der Waals surface area contributed by atoms with E-state index in [4.69, 9.17) is 0 Å². The second-order valence-electron chi connectivity index (χ2n) is 5.44. The van der Waals surface area contributed by atoms with Crippen LogP contribution in [0.1, 0.15) is 46.0 Å². The van der Waals surface area contributed by atoms with Crippen molar-refractivity contribution in [3.05, 3.63) is 70.3 Å². The van der Waals surface area contributed by atoms with Gasteiger partial charge in [-0.3, -0.25) is 4.79 Å². The van der Waals surface area contributed by atoms with Crippen LogP contribution in [0.25, 0.3) is 0 Å². The summed E-state index contributed by atoms with van der Waals surface area (Å²) in [6, 6.07) is 13.3. The van der Waals surface area contributed by atoms with Crippen LogP contribution in [0.3, 0.4) is 0 Å². The Balaban J connectivity index is 0.00000264. The van der Waals surface area contributed by atoms with Crippen molar-refractivity contribution in [2.24, 2.45) is 0 Å². The van der Waals surface area contributed by atoms with Gasteiger partial charge >= 0.3 is 0 Å². The summed E-state index contributed by atoms with van der Waals surface area (Å²) in [5.41, 5.74) is 4.12. The Labute approximate surface area is 162 Å². The van der Waals surface area contributed by atoms with Crippen molar-refractivity contribution >= 4 is 12.2 Å². The zero-order valence-corrected chi connectivity index (χ0v) is 16.4. The van der Waals surface area contributed by atoms with Crippen molar-refractivity contribution < 1.29 is 42.3 Å². The number of hydrogen-bond acceptors (Lipinski definition) is 2. The molecule has 1 N–H and O–H groups in total. The van der Waals surface area contributed by atoms with E-state index >= 15 is 0 Å². The molecule has 0 atom stereocenters. The molecule has 3 nitrogen and oxygen atoms in total. The maximum Gasteiger partial charge on any atom is 0.239 e. The number of rotatable bonds is 6. The third kappa shape index (κ3) is 6.00. The molecule has 2 aromatic rings. The first-order chi connectivity index (χ1) is 10.6. The van der Waals surface area contributed by atoms with Gasteiger partial charge in [0.05, 0.1) is 6.29 Å². The molecule has 0 fully saturated rings. The fraction of sp³-hybridized carbons (Fsp3) is 0.263. The van der Waals surface area contributed by atoms with Gasteiger partial charge in [0.1, 0.15) is 0 Å². The maximum absolute atomic E-state index is 12.2. The van der Waals surface area contributed by atoms with E-state index < -0.39 is 0 Å². The summed E-state index contributed by atoms with van der Waals surface area (Å²) in [6.07, 6.45) is 4.02. The van der Waals surface area contributed by atoms with E-state index in [1.165, 1.54) is 5.56 Å². The Morgan fingerprint density at radius 2 is 1.74 bits per heavy atom. The largest absolute Gasteiger partial charge is 0.376 e. The number of aryl methyl sites for hydroxylation is 2. The van der Waals surface area contributed by atoms with E-state index in [1.807, 2.05) is 25.3 Å². The van der Waals surface area contributed by atoms with Gasteiger partial charge in [-0.25, -0.2) is 0 Å². The molecule has 0 aliphatic rings. The summed E-state index contributed by atoms with van der Waals surface area (Å²) >= 11 is 0. The molecule has 0 heterocycles. The summed E-state index contributed by atoms with van der Waals surface area (Å²) < 4.78 is 0. The van der Waals surface area contributed by atoms with E-state index in [9.17, 15) is 9.59 Å². The summed E-state index contributed by atoms with van der Waals surface area (Å²) in [4.78, 5) is 22.9. The monoisotopic (exact) mass is 383 g/mol. The smallest absolute Gasteiger partial charge is 0.239 e. The molecule has 23 heavy (non-hydrogen) atoms. The molecule has 0 bridgehead atoms. The molecule has 0 aliphatic heterocycles. The van der Waals surface area contributed by atoms with Gasteiger partial charge in [-0.15, -0.1) is 17.2 Å². The molecule has 117 valence electrons. The molecule has 0 saturated carbocycles. The van der Waals surface area contributed by atoms with Crippen molar-refractivity contribution in [2.45, 2.75) is 33.2 Å². The average molecular weight is 383 g/mol. The molecule has 2 aromatic carbocycles. The van der Waals surface area contributed by atoms with Gasteiger partial charge in [0, 0.05) is 39.3 Å². The van der Waals surface area contributed by atoms with Crippen LogP contribution in [-0.2, 0) is 50.5 Å². The van der Waals surface area contributed by atoms with Crippen LogP contribution in [0.2, 0.25) is 0 Å². The van der Waals surface area contributed by atoms with Crippen LogP contribution in [0, 0.1) is 6.92 Å². The van der Waals surface area contributed by atoms with Crippen LogP contribution in [0.5, 0.6) is 0 Å². The summed E-state index contributed by atoms with van der Waals surface area (Å²) in [5, 5.41) is 2.88. The zero-order chi connectivity index (χ0) is 15.9. The van der Waals surface area contributed by atoms with E-state index in [0.29, 0.717) is 17.7 Å². The van der Waals surface area contributed by atoms with Crippen LogP contribution in [0.15, 0.2) is 42.5 Å². The Morgan fingerprint density at radius 3 is 2.35 bits per heavy atom. The molecule has 4 heteroatoms. The van der Waals surface area contributed by atoms with Crippen molar-refractivity contribution in [2.75, 3.05) is 0 Å². The standard InChI is InChI=1S/C19H20NO2.Y/c1-3-4-15-5-7-16(8-6-15)12-20-19(22)18-10-14(2)9-17(11-18)13-21;/h5-11H,3-4,12H2,1-2H3,(H,20,22);/q-1;. The maximum atomic E-state index is 12.2. The fourth-order valence-electron chi connectivity index (χ4n) is 2.37. The Kier molecular flexibility index (Phi) is 8.36. The fourth-order valence-corrected chi connectivity index (χ4v) is 2.37. The van der Waals surface area contributed by atoms with Crippen molar-refractivity contribution in [1.82, 2.24) is 5.32 Å². The van der Waals surface area contributed by atoms with Crippen molar-refractivity contribution in [3.8, 4) is 0 Å². The van der Waals surface area contributed by atoms with Gasteiger partial charge in [0.15, 0.2) is 0 Å². The minimum Gasteiger partial charge on any atom is -0.376 e. The first kappa shape index (κ1) is 19.7. The van der Waals surface area contributed by atoms with E-state index in [0.717, 1.165) is 24.0 Å². The number of nitrogens with one attached hydrogen (secondary N) is 1. The topological polar surface area (TPSA) is 46.2 Å². The molecule has 0 aromatic heterocycles. The van der Waals surface area contributed by atoms with Gasteiger partial charge < -0.3 is 10.1 Å². The normalized spacial score (nSPS) is 9.83. The second-order valence-corrected chi connectivity index (χ2v) is 5.44. The molecular formula is C19H20NO2Y-. The van der Waals surface area contributed by atoms with Crippen LogP contribution >= 0.6 is 0 Å². The van der Waals surface area contributed by atoms with Gasteiger partial charge in [0.2, 0.25) is 5.91 Å². The minimum atomic E-state index is -0.183. The molecule has 0 saturated heterocycles. The van der Waals surface area contributed by atoms with Gasteiger partial charge in [-0.05, 0) is 23.1 Å². The molecular weight excluding hydrogens is 363 g/mol. The van der Waals surface area contributed by atoms with Crippen LogP contribution in [0.4, 0.5) is 0 Å². The van der Waals surface area contributed by atoms with Gasteiger partial charge in [-0.2, -0.15) is 6.07 Å². The van der Waals surface area contributed by atoms with Crippen molar-refractivity contribution in [1.29, 1.82) is 0 Å². The quantitative estimate of drug-likeness (QED) is 0.778. The average Bonchev–Trinajstić information content (AvgIpc) is 2.53. The van der Waals surface area contributed by atoms with Gasteiger partial charge in [-0.1, -0.05) is 50.6 Å². The van der Waals surface area contributed by atoms with E-state index in [2.05, 4.69) is 24.4 Å². The Hall–Kier alpha value is -1.32. The number of benzene rings is 2. The molecule has 0 aliphatic carbocycles. The van der Waals surface area contributed by atoms with E-state index in [-0.39, 0.29) is 38.6 Å². The second kappa shape index (κ2) is 9.74. The van der Waals surface area contributed by atoms with Crippen molar-refractivity contribution in [3.63, 3.8) is 0 Å². The number of hydrogen-bond donors (Lipinski definition) is 1. The molecule has 1 radical (unpaired) electrons. The number of carbonyl (C=O) groups excluding carboxylic acids is 2. The first-order valence-electron chi connectivity index (χ1n) is 7.48. The number of amides is 1. The summed E-state index contributed by atoms with van der Waals surface area (Å²) in [7, 11) is 0. The van der Waals surface area contributed by atoms with E-state index in [1.54, 1.807) is 18.2 Å². The molecule has 0 spiro atoms. The first-order valence-corrected chi connectivity index (χ1v) is 7.48. The summed E-state index contributed by atoms with van der Waals surface area (Å²) in [6.45, 7) is 4.48. The minimum absolute atomic E-state index is 0. The zero-order valence-electron chi connectivity index (χ0n) is 13.6. The van der Waals surface area contributed by atoms with Crippen LogP contribution < -0.4 is 5.32 Å². The summed E-state index contributed by atoms with van der Waals surface area (Å²) in [5.74, 6) is -0.183. The Bertz CT molecular complexity index is 666. The molecule has 2 rings (SSSR count). The predicted molar refractivity (Wildman–Crippen MR) is 87.6 cm³/mol. The number of carbonyl (C=O) groups is 1. The van der Waals surface area contributed by atoms with Crippen LogP contribution in [-0.4, -0.2) is 12.2 Å². The SMILES string of the molecule is CCCc1ccc(CNC(=O)c2cc(C)cc([C-]=O)c2)cc1.[Y]. The molecule has 1 amide bonds. The third-order valence-corrected chi connectivity index (χ3v) is 3.47. The van der Waals surface area contributed by atoms with Gasteiger partial charge in [0.25, 0.3) is 0 Å². The predicted octanol–water partition coefficient (Wildman–Crippen LogP) is 3.33. The third-order valence-electron chi connectivity index (χ3n) is 3.47.